The van der Waals surface area contributed by atoms with Crippen LogP contribution < -0.4 is 5.32 Å². The number of amides is 1. The molecule has 0 aliphatic carbocycles. The first-order valence-electron chi connectivity index (χ1n) is 8.54. The maximum absolute atomic E-state index is 12.2. The third kappa shape index (κ3) is 5.49. The van der Waals surface area contributed by atoms with Crippen molar-refractivity contribution in [1.82, 2.24) is 15.5 Å². The molecule has 0 saturated heterocycles. The molecule has 3 aromatic rings. The molecule has 0 aliphatic heterocycles. The number of thiophene rings is 1. The molecular weight excluding hydrogens is 366 g/mol. The number of nitrogens with one attached hydrogen (secondary N) is 1. The van der Waals surface area contributed by atoms with Gasteiger partial charge in [-0.05, 0) is 23.4 Å². The second-order valence-corrected chi connectivity index (χ2v) is 6.92. The zero-order valence-electron chi connectivity index (χ0n) is 14.5. The van der Waals surface area contributed by atoms with Gasteiger partial charge in [0, 0.05) is 12.8 Å². The van der Waals surface area contributed by atoms with Crippen molar-refractivity contribution in [2.45, 2.75) is 31.7 Å². The van der Waals surface area contributed by atoms with Crippen LogP contribution >= 0.6 is 11.3 Å². The van der Waals surface area contributed by atoms with E-state index < -0.39 is 12.0 Å². The van der Waals surface area contributed by atoms with Crippen LogP contribution in [0.5, 0.6) is 0 Å². The maximum Gasteiger partial charge on any atom is 0.305 e. The number of aromatic nitrogens is 2. The lowest BCUT2D eigenvalue weighted by molar-refractivity contribution is -0.137. The number of hydrogen-bond acceptors (Lipinski definition) is 6. The fourth-order valence-electron chi connectivity index (χ4n) is 2.64. The first-order chi connectivity index (χ1) is 13.1. The smallest absolute Gasteiger partial charge is 0.305 e. The van der Waals surface area contributed by atoms with Crippen molar-refractivity contribution in [3.8, 4) is 10.7 Å². The van der Waals surface area contributed by atoms with E-state index in [0.717, 1.165) is 10.4 Å². The molecule has 3 rings (SSSR count). The molecule has 140 valence electrons. The van der Waals surface area contributed by atoms with Crippen LogP contribution in [0.4, 0.5) is 0 Å². The van der Waals surface area contributed by atoms with Gasteiger partial charge < -0.3 is 14.9 Å². The van der Waals surface area contributed by atoms with Gasteiger partial charge in [0.05, 0.1) is 17.3 Å². The Morgan fingerprint density at radius 3 is 2.70 bits per heavy atom. The summed E-state index contributed by atoms with van der Waals surface area (Å²) in [5.74, 6) is -0.134. The summed E-state index contributed by atoms with van der Waals surface area (Å²) in [5.41, 5.74) is 0.769. The highest BCUT2D eigenvalue weighted by Crippen LogP contribution is 2.22. The van der Waals surface area contributed by atoms with E-state index in [1.165, 1.54) is 11.3 Å². The number of nitrogens with zero attached hydrogens (tertiary/aromatic N) is 2. The van der Waals surface area contributed by atoms with Crippen LogP contribution in [0, 0.1) is 0 Å². The van der Waals surface area contributed by atoms with Gasteiger partial charge in [-0.15, -0.1) is 11.3 Å². The predicted molar refractivity (Wildman–Crippen MR) is 100 cm³/mol. The molecule has 2 aromatic heterocycles. The number of rotatable bonds is 9. The van der Waals surface area contributed by atoms with E-state index in [4.69, 9.17) is 9.63 Å². The predicted octanol–water partition coefficient (Wildman–Crippen LogP) is 3.45. The molecule has 1 atom stereocenters. The van der Waals surface area contributed by atoms with Gasteiger partial charge in [0.15, 0.2) is 0 Å². The summed E-state index contributed by atoms with van der Waals surface area (Å²) in [7, 11) is 0. The Bertz CT molecular complexity index is 878. The molecule has 0 aliphatic rings. The van der Waals surface area contributed by atoms with E-state index in [-0.39, 0.29) is 18.7 Å². The second kappa shape index (κ2) is 9.09. The average Bonchev–Trinajstić information content (AvgIpc) is 3.33. The number of benzene rings is 1. The number of aliphatic carboxylic acids is 1. The molecule has 1 unspecified atom stereocenters. The van der Waals surface area contributed by atoms with Gasteiger partial charge in [-0.1, -0.05) is 41.6 Å². The molecule has 2 N–H and O–H groups in total. The Balaban J connectivity index is 1.50. The van der Waals surface area contributed by atoms with Crippen LogP contribution in [0.2, 0.25) is 0 Å². The van der Waals surface area contributed by atoms with E-state index in [0.29, 0.717) is 24.6 Å². The topological polar surface area (TPSA) is 105 Å². The second-order valence-electron chi connectivity index (χ2n) is 5.97. The van der Waals surface area contributed by atoms with Crippen LogP contribution in [0.25, 0.3) is 10.7 Å². The summed E-state index contributed by atoms with van der Waals surface area (Å²) in [6.07, 6.45) is 1.11. The Morgan fingerprint density at radius 1 is 1.19 bits per heavy atom. The fraction of sp³-hybridized carbons (Fsp3) is 0.263. The summed E-state index contributed by atoms with van der Waals surface area (Å²) in [6, 6.07) is 12.4. The molecular formula is C19H19N3O4S. The molecule has 2 heterocycles. The minimum absolute atomic E-state index is 0.163. The standard InChI is InChI=1S/C19H19N3O4S/c23-16(20-14(12-18(24)25)13-6-2-1-3-7-13)9-4-10-17-21-19(22-26-17)15-8-5-11-27-15/h1-3,5-8,11,14H,4,9-10,12H2,(H,20,23)(H,24,25). The number of carbonyl (C=O) groups excluding carboxylic acids is 1. The number of carboxylic acids is 1. The Kier molecular flexibility index (Phi) is 6.32. The fourth-order valence-corrected chi connectivity index (χ4v) is 3.29. The van der Waals surface area contributed by atoms with E-state index in [1.807, 2.05) is 35.7 Å². The maximum atomic E-state index is 12.2. The summed E-state index contributed by atoms with van der Waals surface area (Å²) < 4.78 is 5.21. The van der Waals surface area contributed by atoms with Gasteiger partial charge in [0.2, 0.25) is 17.6 Å². The van der Waals surface area contributed by atoms with Gasteiger partial charge in [0.25, 0.3) is 0 Å². The average molecular weight is 385 g/mol. The number of hydrogen-bond donors (Lipinski definition) is 2. The van der Waals surface area contributed by atoms with Gasteiger partial charge in [-0.25, -0.2) is 0 Å². The molecule has 0 bridgehead atoms. The zero-order chi connectivity index (χ0) is 19.1. The molecule has 8 heteroatoms. The highest BCUT2D eigenvalue weighted by Gasteiger charge is 2.18. The van der Waals surface area contributed by atoms with E-state index in [2.05, 4.69) is 15.5 Å². The Hall–Kier alpha value is -3.00. The zero-order valence-corrected chi connectivity index (χ0v) is 15.3. The quantitative estimate of drug-likeness (QED) is 0.584. The highest BCUT2D eigenvalue weighted by molar-refractivity contribution is 7.13. The number of carbonyl (C=O) groups is 2. The lowest BCUT2D eigenvalue weighted by atomic mass is 10.0. The van der Waals surface area contributed by atoms with Crippen LogP contribution in [-0.2, 0) is 16.0 Å². The largest absolute Gasteiger partial charge is 0.481 e. The minimum Gasteiger partial charge on any atom is -0.481 e. The summed E-state index contributed by atoms with van der Waals surface area (Å²) in [5, 5.41) is 17.8. The minimum atomic E-state index is -0.962. The molecule has 0 radical (unpaired) electrons. The molecule has 0 spiro atoms. The summed E-state index contributed by atoms with van der Waals surface area (Å²) >= 11 is 1.53. The van der Waals surface area contributed by atoms with Crippen LogP contribution in [0.15, 0.2) is 52.4 Å². The van der Waals surface area contributed by atoms with Crippen molar-refractivity contribution >= 4 is 23.2 Å². The van der Waals surface area contributed by atoms with Gasteiger partial charge in [-0.3, -0.25) is 9.59 Å². The van der Waals surface area contributed by atoms with Crippen molar-refractivity contribution in [2.75, 3.05) is 0 Å². The third-order valence-corrected chi connectivity index (χ3v) is 4.79. The lowest BCUT2D eigenvalue weighted by Crippen LogP contribution is -2.30. The van der Waals surface area contributed by atoms with Crippen LogP contribution in [0.3, 0.4) is 0 Å². The van der Waals surface area contributed by atoms with Crippen molar-refractivity contribution < 1.29 is 19.2 Å². The van der Waals surface area contributed by atoms with Crippen molar-refractivity contribution in [3.05, 3.63) is 59.3 Å². The Morgan fingerprint density at radius 2 is 2.00 bits per heavy atom. The molecule has 27 heavy (non-hydrogen) atoms. The van der Waals surface area contributed by atoms with Crippen molar-refractivity contribution in [3.63, 3.8) is 0 Å². The molecule has 1 aromatic carbocycles. The summed E-state index contributed by atoms with van der Waals surface area (Å²) in [4.78, 5) is 28.6. The molecule has 0 saturated carbocycles. The lowest BCUT2D eigenvalue weighted by Gasteiger charge is -2.17. The van der Waals surface area contributed by atoms with E-state index in [1.54, 1.807) is 12.1 Å². The Labute approximate surface area is 160 Å². The van der Waals surface area contributed by atoms with Gasteiger partial charge in [-0.2, -0.15) is 4.98 Å². The van der Waals surface area contributed by atoms with Gasteiger partial charge in [0.1, 0.15) is 0 Å². The van der Waals surface area contributed by atoms with Crippen molar-refractivity contribution in [2.24, 2.45) is 0 Å². The van der Waals surface area contributed by atoms with E-state index in [9.17, 15) is 9.59 Å². The van der Waals surface area contributed by atoms with Gasteiger partial charge >= 0.3 is 5.97 Å². The molecule has 1 amide bonds. The van der Waals surface area contributed by atoms with Crippen molar-refractivity contribution in [1.29, 1.82) is 0 Å². The molecule has 0 fully saturated rings. The first-order valence-corrected chi connectivity index (χ1v) is 9.42. The summed E-state index contributed by atoms with van der Waals surface area (Å²) in [6.45, 7) is 0. The SMILES string of the molecule is O=C(O)CC(NC(=O)CCCc1nc(-c2cccs2)no1)c1ccccc1. The van der Waals surface area contributed by atoms with Crippen LogP contribution in [0.1, 0.15) is 36.8 Å². The van der Waals surface area contributed by atoms with E-state index >= 15 is 0 Å². The highest BCUT2D eigenvalue weighted by atomic mass is 32.1. The molecule has 7 nitrogen and oxygen atoms in total. The third-order valence-electron chi connectivity index (χ3n) is 3.92. The normalized spacial score (nSPS) is 11.9. The number of carboxylic acid groups (broad SMARTS) is 1. The van der Waals surface area contributed by atoms with Crippen LogP contribution in [-0.4, -0.2) is 27.1 Å². The monoisotopic (exact) mass is 385 g/mol. The number of aryl methyl sites for hydroxylation is 1. The first kappa shape index (κ1) is 18.8.